The van der Waals surface area contributed by atoms with Gasteiger partial charge in [-0.1, -0.05) is 25.9 Å². The second-order valence-corrected chi connectivity index (χ2v) is 4.15. The highest BCUT2D eigenvalue weighted by atomic mass is 16.5. The standard InChI is InChI=1S/C9H16N2O/c1-6(10)7-5-8(11-12-7)9(2,3)4/h5-6H,10H2,1-4H3. The van der Waals surface area contributed by atoms with E-state index in [1.165, 1.54) is 0 Å². The third-order valence-corrected chi connectivity index (χ3v) is 1.75. The molecule has 0 spiro atoms. The number of nitrogens with zero attached hydrogens (tertiary/aromatic N) is 1. The van der Waals surface area contributed by atoms with E-state index in [0.717, 1.165) is 11.5 Å². The Morgan fingerprint density at radius 3 is 2.33 bits per heavy atom. The highest BCUT2D eigenvalue weighted by molar-refractivity contribution is 5.15. The van der Waals surface area contributed by atoms with Crippen LogP contribution in [0.2, 0.25) is 0 Å². The zero-order valence-corrected chi connectivity index (χ0v) is 8.09. The van der Waals surface area contributed by atoms with Gasteiger partial charge in [-0.05, 0) is 6.92 Å². The molecular weight excluding hydrogens is 152 g/mol. The summed E-state index contributed by atoms with van der Waals surface area (Å²) < 4.78 is 5.08. The number of hydrogen-bond acceptors (Lipinski definition) is 3. The van der Waals surface area contributed by atoms with Gasteiger partial charge in [-0.3, -0.25) is 0 Å². The van der Waals surface area contributed by atoms with E-state index in [-0.39, 0.29) is 11.5 Å². The lowest BCUT2D eigenvalue weighted by Gasteiger charge is -2.12. The molecule has 0 amide bonds. The lowest BCUT2D eigenvalue weighted by atomic mass is 9.92. The molecule has 0 radical (unpaired) electrons. The van der Waals surface area contributed by atoms with Gasteiger partial charge in [0.15, 0.2) is 5.76 Å². The van der Waals surface area contributed by atoms with Crippen molar-refractivity contribution in [2.24, 2.45) is 5.73 Å². The van der Waals surface area contributed by atoms with Crippen molar-refractivity contribution in [3.63, 3.8) is 0 Å². The number of aromatic nitrogens is 1. The first-order valence-electron chi connectivity index (χ1n) is 4.14. The van der Waals surface area contributed by atoms with Crippen molar-refractivity contribution in [1.29, 1.82) is 0 Å². The second kappa shape index (κ2) is 2.90. The zero-order valence-electron chi connectivity index (χ0n) is 8.09. The van der Waals surface area contributed by atoms with Crippen LogP contribution in [0.3, 0.4) is 0 Å². The van der Waals surface area contributed by atoms with Crippen molar-refractivity contribution >= 4 is 0 Å². The smallest absolute Gasteiger partial charge is 0.153 e. The minimum atomic E-state index is -0.0754. The van der Waals surface area contributed by atoms with Crippen LogP contribution in [0.15, 0.2) is 10.6 Å². The maximum atomic E-state index is 5.64. The molecule has 1 unspecified atom stereocenters. The predicted octanol–water partition coefficient (Wildman–Crippen LogP) is 1.99. The molecule has 1 heterocycles. The molecule has 1 aromatic rings. The molecule has 3 nitrogen and oxygen atoms in total. The van der Waals surface area contributed by atoms with Crippen LogP contribution in [0, 0.1) is 0 Å². The van der Waals surface area contributed by atoms with Gasteiger partial charge >= 0.3 is 0 Å². The van der Waals surface area contributed by atoms with Gasteiger partial charge < -0.3 is 10.3 Å². The summed E-state index contributed by atoms with van der Waals surface area (Å²) in [5.41, 5.74) is 6.63. The van der Waals surface area contributed by atoms with Crippen LogP contribution in [0.25, 0.3) is 0 Å². The van der Waals surface area contributed by atoms with E-state index >= 15 is 0 Å². The first-order valence-corrected chi connectivity index (χ1v) is 4.14. The topological polar surface area (TPSA) is 52.0 Å². The number of nitrogens with two attached hydrogens (primary N) is 1. The molecule has 68 valence electrons. The third kappa shape index (κ3) is 1.85. The van der Waals surface area contributed by atoms with Gasteiger partial charge in [-0.2, -0.15) is 0 Å². The zero-order chi connectivity index (χ0) is 9.35. The Kier molecular flexibility index (Phi) is 2.24. The maximum Gasteiger partial charge on any atom is 0.153 e. The second-order valence-electron chi connectivity index (χ2n) is 4.15. The Morgan fingerprint density at radius 1 is 1.50 bits per heavy atom. The minimum absolute atomic E-state index is 0.0383. The molecule has 3 heteroatoms. The third-order valence-electron chi connectivity index (χ3n) is 1.75. The molecule has 0 aliphatic carbocycles. The predicted molar refractivity (Wildman–Crippen MR) is 47.8 cm³/mol. The molecule has 2 N–H and O–H groups in total. The Hall–Kier alpha value is -0.830. The summed E-state index contributed by atoms with van der Waals surface area (Å²) >= 11 is 0. The van der Waals surface area contributed by atoms with Crippen LogP contribution in [-0.2, 0) is 5.41 Å². The van der Waals surface area contributed by atoms with E-state index in [9.17, 15) is 0 Å². The molecule has 0 aliphatic rings. The number of rotatable bonds is 1. The van der Waals surface area contributed by atoms with Gasteiger partial charge in [0.25, 0.3) is 0 Å². The van der Waals surface area contributed by atoms with Crippen molar-refractivity contribution < 1.29 is 4.52 Å². The van der Waals surface area contributed by atoms with Crippen LogP contribution >= 0.6 is 0 Å². The van der Waals surface area contributed by atoms with E-state index in [0.29, 0.717) is 0 Å². The fourth-order valence-electron chi connectivity index (χ4n) is 0.857. The van der Waals surface area contributed by atoms with Crippen molar-refractivity contribution in [2.45, 2.75) is 39.2 Å². The van der Waals surface area contributed by atoms with Crippen LogP contribution < -0.4 is 5.73 Å². The Balaban J connectivity index is 2.92. The minimum Gasteiger partial charge on any atom is -0.359 e. The van der Waals surface area contributed by atoms with E-state index in [2.05, 4.69) is 25.9 Å². The average Bonchev–Trinajstić information content (AvgIpc) is 2.30. The molecule has 1 rings (SSSR count). The highest BCUT2D eigenvalue weighted by Gasteiger charge is 2.19. The van der Waals surface area contributed by atoms with Crippen molar-refractivity contribution in [3.05, 3.63) is 17.5 Å². The van der Waals surface area contributed by atoms with Crippen molar-refractivity contribution in [2.75, 3.05) is 0 Å². The molecule has 12 heavy (non-hydrogen) atoms. The van der Waals surface area contributed by atoms with Crippen LogP contribution in [0.1, 0.15) is 45.2 Å². The molecule has 0 bridgehead atoms. The Labute approximate surface area is 72.9 Å². The summed E-state index contributed by atoms with van der Waals surface area (Å²) in [6, 6.07) is 1.85. The molecular formula is C9H16N2O. The summed E-state index contributed by atoms with van der Waals surface area (Å²) in [5, 5.41) is 3.95. The lowest BCUT2D eigenvalue weighted by Crippen LogP contribution is -2.11. The molecule has 0 saturated heterocycles. The Bertz CT molecular complexity index is 258. The highest BCUT2D eigenvalue weighted by Crippen LogP contribution is 2.23. The first-order chi connectivity index (χ1) is 5.41. The first kappa shape index (κ1) is 9.26. The monoisotopic (exact) mass is 168 g/mol. The van der Waals surface area contributed by atoms with Gasteiger partial charge in [-0.15, -0.1) is 0 Å². The van der Waals surface area contributed by atoms with Crippen LogP contribution in [0.4, 0.5) is 0 Å². The van der Waals surface area contributed by atoms with Gasteiger partial charge in [0.05, 0.1) is 11.7 Å². The largest absolute Gasteiger partial charge is 0.359 e. The fourth-order valence-corrected chi connectivity index (χ4v) is 0.857. The van der Waals surface area contributed by atoms with Crippen LogP contribution in [0.5, 0.6) is 0 Å². The molecule has 0 saturated carbocycles. The quantitative estimate of drug-likeness (QED) is 0.697. The summed E-state index contributed by atoms with van der Waals surface area (Å²) in [6.07, 6.45) is 0. The summed E-state index contributed by atoms with van der Waals surface area (Å²) in [6.45, 7) is 8.16. The van der Waals surface area contributed by atoms with E-state index in [1.807, 2.05) is 13.0 Å². The van der Waals surface area contributed by atoms with E-state index in [4.69, 9.17) is 10.3 Å². The van der Waals surface area contributed by atoms with Gasteiger partial charge in [0.2, 0.25) is 0 Å². The molecule has 1 aromatic heterocycles. The average molecular weight is 168 g/mol. The van der Waals surface area contributed by atoms with E-state index in [1.54, 1.807) is 0 Å². The van der Waals surface area contributed by atoms with Crippen molar-refractivity contribution in [1.82, 2.24) is 5.16 Å². The summed E-state index contributed by atoms with van der Waals surface area (Å²) in [5.74, 6) is 0.750. The molecule has 1 atom stereocenters. The number of hydrogen-bond donors (Lipinski definition) is 1. The molecule has 0 aromatic carbocycles. The molecule has 0 fully saturated rings. The van der Waals surface area contributed by atoms with Gasteiger partial charge in [0.1, 0.15) is 0 Å². The van der Waals surface area contributed by atoms with E-state index < -0.39 is 0 Å². The maximum absolute atomic E-state index is 5.64. The normalized spacial score (nSPS) is 14.8. The van der Waals surface area contributed by atoms with Crippen molar-refractivity contribution in [3.8, 4) is 0 Å². The molecule has 0 aliphatic heterocycles. The van der Waals surface area contributed by atoms with Gasteiger partial charge in [0, 0.05) is 11.5 Å². The Morgan fingerprint density at radius 2 is 2.08 bits per heavy atom. The SMILES string of the molecule is CC(N)c1cc(C(C)(C)C)no1. The summed E-state index contributed by atoms with van der Waals surface area (Å²) in [7, 11) is 0. The fraction of sp³-hybridized carbons (Fsp3) is 0.667. The summed E-state index contributed by atoms with van der Waals surface area (Å²) in [4.78, 5) is 0. The lowest BCUT2D eigenvalue weighted by molar-refractivity contribution is 0.352. The van der Waals surface area contributed by atoms with Crippen LogP contribution in [-0.4, -0.2) is 5.16 Å². The van der Waals surface area contributed by atoms with Gasteiger partial charge in [-0.25, -0.2) is 0 Å².